The van der Waals surface area contributed by atoms with E-state index in [2.05, 4.69) is 49.2 Å². The van der Waals surface area contributed by atoms with Gasteiger partial charge in [0.25, 0.3) is 0 Å². The van der Waals surface area contributed by atoms with Gasteiger partial charge in [-0.25, -0.2) is 0 Å². The van der Waals surface area contributed by atoms with Crippen LogP contribution in [0.3, 0.4) is 0 Å². The molecule has 1 aromatic heterocycles. The van der Waals surface area contributed by atoms with Crippen molar-refractivity contribution in [3.05, 3.63) is 24.0 Å². The number of aromatic nitrogens is 1. The monoisotopic (exact) mass is 208 g/mol. The van der Waals surface area contributed by atoms with Crippen LogP contribution in [0.2, 0.25) is 0 Å². The number of hydrogen-bond acceptors (Lipinski definition) is 1. The molecule has 0 aliphatic heterocycles. The highest BCUT2D eigenvalue weighted by Crippen LogP contribution is 2.04. The average molecular weight is 208 g/mol. The molecule has 0 saturated heterocycles. The molecule has 1 unspecified atom stereocenters. The summed E-state index contributed by atoms with van der Waals surface area (Å²) in [7, 11) is 2.06. The van der Waals surface area contributed by atoms with Crippen LogP contribution < -0.4 is 5.32 Å². The molecule has 0 aliphatic rings. The molecular weight excluding hydrogens is 184 g/mol. The molecule has 0 fully saturated rings. The molecule has 1 aromatic rings. The van der Waals surface area contributed by atoms with Crippen molar-refractivity contribution in [2.75, 3.05) is 0 Å². The summed E-state index contributed by atoms with van der Waals surface area (Å²) < 4.78 is 2.10. The Hall–Kier alpha value is -0.760. The van der Waals surface area contributed by atoms with Crippen molar-refractivity contribution in [2.24, 2.45) is 7.05 Å². The number of aryl methyl sites for hydroxylation is 1. The van der Waals surface area contributed by atoms with E-state index in [1.165, 1.54) is 31.2 Å². The Morgan fingerprint density at radius 1 is 1.40 bits per heavy atom. The molecule has 1 atom stereocenters. The van der Waals surface area contributed by atoms with Crippen LogP contribution in [0.4, 0.5) is 0 Å². The zero-order chi connectivity index (χ0) is 11.1. The molecule has 0 amide bonds. The number of hydrogen-bond donors (Lipinski definition) is 1. The molecule has 0 saturated carbocycles. The van der Waals surface area contributed by atoms with E-state index < -0.39 is 0 Å². The molecule has 0 bridgehead atoms. The SMILES string of the molecule is CCCCCC(C)NCc1ccn(C)c1. The second-order valence-corrected chi connectivity index (χ2v) is 4.46. The minimum atomic E-state index is 0.636. The molecule has 1 N–H and O–H groups in total. The summed E-state index contributed by atoms with van der Waals surface area (Å²) in [6.45, 7) is 5.52. The summed E-state index contributed by atoms with van der Waals surface area (Å²) in [6.07, 6.45) is 9.58. The van der Waals surface area contributed by atoms with E-state index in [-0.39, 0.29) is 0 Å². The molecule has 1 rings (SSSR count). The molecule has 2 nitrogen and oxygen atoms in total. The van der Waals surface area contributed by atoms with E-state index >= 15 is 0 Å². The van der Waals surface area contributed by atoms with Gasteiger partial charge in [0.1, 0.15) is 0 Å². The van der Waals surface area contributed by atoms with Crippen LogP contribution in [0.25, 0.3) is 0 Å². The number of nitrogens with one attached hydrogen (secondary N) is 1. The zero-order valence-corrected chi connectivity index (χ0v) is 10.3. The van der Waals surface area contributed by atoms with Crippen molar-refractivity contribution < 1.29 is 0 Å². The molecule has 86 valence electrons. The van der Waals surface area contributed by atoms with E-state index in [4.69, 9.17) is 0 Å². The molecule has 15 heavy (non-hydrogen) atoms. The predicted octanol–water partition coefficient (Wildman–Crippen LogP) is 3.08. The van der Waals surface area contributed by atoms with Crippen molar-refractivity contribution in [3.63, 3.8) is 0 Å². The normalized spacial score (nSPS) is 13.0. The second-order valence-electron chi connectivity index (χ2n) is 4.46. The van der Waals surface area contributed by atoms with E-state index in [9.17, 15) is 0 Å². The summed E-state index contributed by atoms with van der Waals surface area (Å²) in [5.74, 6) is 0. The highest BCUT2D eigenvalue weighted by Gasteiger charge is 2.01. The summed E-state index contributed by atoms with van der Waals surface area (Å²) in [5, 5.41) is 3.56. The maximum atomic E-state index is 3.56. The van der Waals surface area contributed by atoms with Crippen LogP contribution in [-0.4, -0.2) is 10.6 Å². The number of unbranched alkanes of at least 4 members (excludes halogenated alkanes) is 2. The van der Waals surface area contributed by atoms with E-state index in [0.29, 0.717) is 6.04 Å². The number of nitrogens with zero attached hydrogens (tertiary/aromatic N) is 1. The van der Waals surface area contributed by atoms with Gasteiger partial charge in [0, 0.05) is 32.0 Å². The minimum Gasteiger partial charge on any atom is -0.357 e. The van der Waals surface area contributed by atoms with Gasteiger partial charge in [0.2, 0.25) is 0 Å². The van der Waals surface area contributed by atoms with E-state index in [1.54, 1.807) is 0 Å². The second kappa shape index (κ2) is 6.67. The van der Waals surface area contributed by atoms with Gasteiger partial charge in [-0.1, -0.05) is 26.2 Å². The van der Waals surface area contributed by atoms with Gasteiger partial charge < -0.3 is 9.88 Å². The highest BCUT2D eigenvalue weighted by atomic mass is 14.9. The lowest BCUT2D eigenvalue weighted by Gasteiger charge is -2.12. The fourth-order valence-electron chi connectivity index (χ4n) is 1.76. The third kappa shape index (κ3) is 5.03. The van der Waals surface area contributed by atoms with E-state index in [1.807, 2.05) is 0 Å². The first-order chi connectivity index (χ1) is 7.22. The molecule has 1 heterocycles. The van der Waals surface area contributed by atoms with Crippen LogP contribution >= 0.6 is 0 Å². The lowest BCUT2D eigenvalue weighted by atomic mass is 10.1. The standard InChI is InChI=1S/C13H24N2/c1-4-5-6-7-12(2)14-10-13-8-9-15(3)11-13/h8-9,11-12,14H,4-7,10H2,1-3H3. The zero-order valence-electron chi connectivity index (χ0n) is 10.3. The van der Waals surface area contributed by atoms with Crippen molar-refractivity contribution in [2.45, 2.75) is 52.1 Å². The summed E-state index contributed by atoms with van der Waals surface area (Å²) in [6, 6.07) is 2.81. The Morgan fingerprint density at radius 3 is 2.80 bits per heavy atom. The molecular formula is C13H24N2. The van der Waals surface area contributed by atoms with Gasteiger partial charge in [-0.3, -0.25) is 0 Å². The van der Waals surface area contributed by atoms with Crippen LogP contribution in [-0.2, 0) is 13.6 Å². The van der Waals surface area contributed by atoms with Crippen LogP contribution in [0.15, 0.2) is 18.5 Å². The third-order valence-electron chi connectivity index (χ3n) is 2.79. The van der Waals surface area contributed by atoms with Gasteiger partial charge >= 0.3 is 0 Å². The first kappa shape index (κ1) is 12.3. The lowest BCUT2D eigenvalue weighted by molar-refractivity contribution is 0.487. The third-order valence-corrected chi connectivity index (χ3v) is 2.79. The Balaban J connectivity index is 2.13. The Labute approximate surface area is 93.7 Å². The van der Waals surface area contributed by atoms with Crippen molar-refractivity contribution in [3.8, 4) is 0 Å². The predicted molar refractivity (Wildman–Crippen MR) is 65.9 cm³/mol. The maximum absolute atomic E-state index is 3.56. The molecule has 0 aliphatic carbocycles. The minimum absolute atomic E-state index is 0.636. The van der Waals surface area contributed by atoms with Gasteiger partial charge in [-0.05, 0) is 25.0 Å². The van der Waals surface area contributed by atoms with E-state index in [0.717, 1.165) is 6.54 Å². The van der Waals surface area contributed by atoms with Crippen molar-refractivity contribution in [1.82, 2.24) is 9.88 Å². The Kier molecular flexibility index (Phi) is 5.48. The largest absolute Gasteiger partial charge is 0.357 e. The molecule has 0 spiro atoms. The van der Waals surface area contributed by atoms with Crippen LogP contribution in [0.1, 0.15) is 45.1 Å². The van der Waals surface area contributed by atoms with Crippen LogP contribution in [0, 0.1) is 0 Å². The highest BCUT2D eigenvalue weighted by molar-refractivity contribution is 5.09. The molecule has 2 heteroatoms. The molecule has 0 aromatic carbocycles. The van der Waals surface area contributed by atoms with Crippen molar-refractivity contribution in [1.29, 1.82) is 0 Å². The summed E-state index contributed by atoms with van der Waals surface area (Å²) >= 11 is 0. The number of rotatable bonds is 7. The fourth-order valence-corrected chi connectivity index (χ4v) is 1.76. The smallest absolute Gasteiger partial charge is 0.0223 e. The van der Waals surface area contributed by atoms with Gasteiger partial charge in [-0.15, -0.1) is 0 Å². The summed E-state index contributed by atoms with van der Waals surface area (Å²) in [4.78, 5) is 0. The van der Waals surface area contributed by atoms with Gasteiger partial charge in [-0.2, -0.15) is 0 Å². The topological polar surface area (TPSA) is 17.0 Å². The molecule has 0 radical (unpaired) electrons. The first-order valence-electron chi connectivity index (χ1n) is 6.06. The van der Waals surface area contributed by atoms with Gasteiger partial charge in [0.15, 0.2) is 0 Å². The average Bonchev–Trinajstić information content (AvgIpc) is 2.62. The Morgan fingerprint density at radius 2 is 2.20 bits per heavy atom. The summed E-state index contributed by atoms with van der Waals surface area (Å²) in [5.41, 5.74) is 1.37. The van der Waals surface area contributed by atoms with Crippen molar-refractivity contribution >= 4 is 0 Å². The fraction of sp³-hybridized carbons (Fsp3) is 0.692. The quantitative estimate of drug-likeness (QED) is 0.681. The maximum Gasteiger partial charge on any atom is 0.0223 e. The van der Waals surface area contributed by atoms with Crippen LogP contribution in [0.5, 0.6) is 0 Å². The lowest BCUT2D eigenvalue weighted by Crippen LogP contribution is -2.25. The first-order valence-corrected chi connectivity index (χ1v) is 6.06. The Bertz CT molecular complexity index is 265. The van der Waals surface area contributed by atoms with Gasteiger partial charge in [0.05, 0.1) is 0 Å².